The van der Waals surface area contributed by atoms with Crippen molar-refractivity contribution in [3.05, 3.63) is 36.2 Å². The van der Waals surface area contributed by atoms with E-state index in [0.717, 1.165) is 12.1 Å². The Morgan fingerprint density at radius 3 is 2.65 bits per heavy atom. The molecule has 0 atom stereocenters. The van der Waals surface area contributed by atoms with Crippen LogP contribution in [0.5, 0.6) is 0 Å². The van der Waals surface area contributed by atoms with Crippen LogP contribution in [0, 0.1) is 0 Å². The minimum absolute atomic E-state index is 0.0730. The minimum Gasteiger partial charge on any atom is -0.378 e. The first-order chi connectivity index (χ1) is 9.65. The number of likely N-dealkylation sites (N-methyl/N-ethyl adjacent to an activating group) is 1. The molecule has 1 amide bonds. The molecule has 0 spiro atoms. The van der Waals surface area contributed by atoms with Crippen LogP contribution in [0.3, 0.4) is 0 Å². The molecule has 0 saturated heterocycles. The minimum atomic E-state index is 0.0730. The second kappa shape index (κ2) is 9.40. The summed E-state index contributed by atoms with van der Waals surface area (Å²) in [6.07, 6.45) is 17.0. The number of hydrogen-bond acceptors (Lipinski definition) is 2. The van der Waals surface area contributed by atoms with Gasteiger partial charge in [-0.25, -0.2) is 0 Å². The van der Waals surface area contributed by atoms with Crippen LogP contribution in [0.1, 0.15) is 45.4 Å². The predicted octanol–water partition coefficient (Wildman–Crippen LogP) is 3.70. The number of rotatable bonds is 8. The lowest BCUT2D eigenvalue weighted by Gasteiger charge is -2.22. The number of amides is 1. The molecule has 0 aromatic heterocycles. The quantitative estimate of drug-likeness (QED) is 0.498. The molecule has 1 aliphatic heterocycles. The Morgan fingerprint density at radius 1 is 1.30 bits per heavy atom. The number of allylic oxidation sites excluding steroid dienone is 2. The average Bonchev–Trinajstić information content (AvgIpc) is 2.46. The molecule has 0 saturated carbocycles. The number of carbonyl (C=O) groups is 1. The zero-order valence-electron chi connectivity index (χ0n) is 13.1. The molecule has 0 bridgehead atoms. The fourth-order valence-corrected chi connectivity index (χ4v) is 2.13. The Labute approximate surface area is 123 Å². The number of hydrogen-bond donors (Lipinski definition) is 0. The van der Waals surface area contributed by atoms with Crippen molar-refractivity contribution < 1.29 is 4.79 Å². The molecule has 0 N–H and O–H groups in total. The summed E-state index contributed by atoms with van der Waals surface area (Å²) in [6, 6.07) is 0. The standard InChI is InChI=1S/C17H28N2O/c1-4-5-6-7-8-9-10-11-17(20)19-14-12-16(13-15-19)18(2)3/h10-14H,4-9,15H2,1-3H3/b11-10+. The van der Waals surface area contributed by atoms with Crippen LogP contribution in [-0.2, 0) is 4.79 Å². The largest absolute Gasteiger partial charge is 0.378 e. The second-order valence-corrected chi connectivity index (χ2v) is 5.44. The van der Waals surface area contributed by atoms with Gasteiger partial charge in [0, 0.05) is 32.5 Å². The summed E-state index contributed by atoms with van der Waals surface area (Å²) in [5.74, 6) is 0.0730. The van der Waals surface area contributed by atoms with Crippen LogP contribution < -0.4 is 0 Å². The molecule has 0 unspecified atom stereocenters. The third kappa shape index (κ3) is 6.09. The van der Waals surface area contributed by atoms with E-state index in [-0.39, 0.29) is 5.91 Å². The summed E-state index contributed by atoms with van der Waals surface area (Å²) in [6.45, 7) is 2.88. The van der Waals surface area contributed by atoms with Gasteiger partial charge < -0.3 is 9.80 Å². The molecule has 0 aromatic carbocycles. The first-order valence-electron chi connectivity index (χ1n) is 7.68. The van der Waals surface area contributed by atoms with Crippen LogP contribution in [0.15, 0.2) is 36.2 Å². The van der Waals surface area contributed by atoms with E-state index in [2.05, 4.69) is 13.0 Å². The smallest absolute Gasteiger partial charge is 0.250 e. The molecular formula is C17H28N2O. The third-order valence-electron chi connectivity index (χ3n) is 3.46. The van der Waals surface area contributed by atoms with E-state index < -0.39 is 0 Å². The first-order valence-corrected chi connectivity index (χ1v) is 7.68. The van der Waals surface area contributed by atoms with Crippen molar-refractivity contribution in [1.29, 1.82) is 0 Å². The molecule has 0 aliphatic carbocycles. The van der Waals surface area contributed by atoms with Crippen LogP contribution in [-0.4, -0.2) is 36.3 Å². The Kier molecular flexibility index (Phi) is 7.78. The molecule has 1 rings (SSSR count). The maximum absolute atomic E-state index is 12.0. The normalized spacial score (nSPS) is 14.8. The van der Waals surface area contributed by atoms with E-state index in [0.29, 0.717) is 6.54 Å². The van der Waals surface area contributed by atoms with Crippen LogP contribution in [0.2, 0.25) is 0 Å². The molecule has 0 aromatic rings. The highest BCUT2D eigenvalue weighted by Crippen LogP contribution is 2.10. The maximum atomic E-state index is 12.0. The van der Waals surface area contributed by atoms with Gasteiger partial charge in [0.25, 0.3) is 0 Å². The van der Waals surface area contributed by atoms with Crippen molar-refractivity contribution in [3.8, 4) is 0 Å². The maximum Gasteiger partial charge on any atom is 0.250 e. The first kappa shape index (κ1) is 16.5. The lowest BCUT2D eigenvalue weighted by Crippen LogP contribution is -2.27. The summed E-state index contributed by atoms with van der Waals surface area (Å²) in [7, 11) is 4.01. The van der Waals surface area contributed by atoms with E-state index in [1.165, 1.54) is 32.1 Å². The molecule has 1 aliphatic rings. The van der Waals surface area contributed by atoms with Gasteiger partial charge in [-0.3, -0.25) is 4.79 Å². The SMILES string of the molecule is CCCCCCC/C=C/C(=O)N1C=CC(N(C)C)=CC1. The highest BCUT2D eigenvalue weighted by molar-refractivity contribution is 5.88. The Bertz CT molecular complexity index is 380. The Balaban J connectivity index is 2.22. The summed E-state index contributed by atoms with van der Waals surface area (Å²) < 4.78 is 0. The van der Waals surface area contributed by atoms with Crippen LogP contribution in [0.25, 0.3) is 0 Å². The van der Waals surface area contributed by atoms with E-state index >= 15 is 0 Å². The molecule has 20 heavy (non-hydrogen) atoms. The van der Waals surface area contributed by atoms with Gasteiger partial charge in [0.05, 0.1) is 0 Å². The van der Waals surface area contributed by atoms with Crippen molar-refractivity contribution in [1.82, 2.24) is 9.80 Å². The molecule has 3 nitrogen and oxygen atoms in total. The van der Waals surface area contributed by atoms with Gasteiger partial charge in [0.15, 0.2) is 0 Å². The molecular weight excluding hydrogens is 248 g/mol. The molecule has 0 radical (unpaired) electrons. The fraction of sp³-hybridized carbons (Fsp3) is 0.588. The zero-order chi connectivity index (χ0) is 14.8. The highest BCUT2D eigenvalue weighted by atomic mass is 16.2. The molecule has 0 fully saturated rings. The van der Waals surface area contributed by atoms with Crippen molar-refractivity contribution in [2.75, 3.05) is 20.6 Å². The van der Waals surface area contributed by atoms with Gasteiger partial charge in [0.2, 0.25) is 5.91 Å². The van der Waals surface area contributed by atoms with Gasteiger partial charge in [-0.05, 0) is 31.1 Å². The number of unbranched alkanes of at least 4 members (excludes halogenated alkanes) is 5. The lowest BCUT2D eigenvalue weighted by molar-refractivity contribution is -0.123. The second-order valence-electron chi connectivity index (χ2n) is 5.44. The van der Waals surface area contributed by atoms with Gasteiger partial charge >= 0.3 is 0 Å². The van der Waals surface area contributed by atoms with Gasteiger partial charge in [-0.1, -0.05) is 38.7 Å². The van der Waals surface area contributed by atoms with Crippen molar-refractivity contribution in [3.63, 3.8) is 0 Å². The topological polar surface area (TPSA) is 23.6 Å². The predicted molar refractivity (Wildman–Crippen MR) is 85.1 cm³/mol. The fourth-order valence-electron chi connectivity index (χ4n) is 2.13. The molecule has 112 valence electrons. The van der Waals surface area contributed by atoms with Gasteiger partial charge in [-0.15, -0.1) is 0 Å². The molecule has 1 heterocycles. The van der Waals surface area contributed by atoms with E-state index in [1.54, 1.807) is 11.0 Å². The van der Waals surface area contributed by atoms with Crippen LogP contribution >= 0.6 is 0 Å². The monoisotopic (exact) mass is 276 g/mol. The Morgan fingerprint density at radius 2 is 2.05 bits per heavy atom. The van der Waals surface area contributed by atoms with Crippen molar-refractivity contribution in [2.24, 2.45) is 0 Å². The van der Waals surface area contributed by atoms with Gasteiger partial charge in [-0.2, -0.15) is 0 Å². The van der Waals surface area contributed by atoms with Crippen molar-refractivity contribution in [2.45, 2.75) is 45.4 Å². The van der Waals surface area contributed by atoms with E-state index in [4.69, 9.17) is 0 Å². The van der Waals surface area contributed by atoms with Gasteiger partial charge in [0.1, 0.15) is 0 Å². The summed E-state index contributed by atoms with van der Waals surface area (Å²) >= 11 is 0. The summed E-state index contributed by atoms with van der Waals surface area (Å²) in [5.41, 5.74) is 1.15. The van der Waals surface area contributed by atoms with Crippen molar-refractivity contribution >= 4 is 5.91 Å². The van der Waals surface area contributed by atoms with E-state index in [1.807, 2.05) is 37.3 Å². The number of carbonyl (C=O) groups excluding carboxylic acids is 1. The van der Waals surface area contributed by atoms with Crippen LogP contribution in [0.4, 0.5) is 0 Å². The summed E-state index contributed by atoms with van der Waals surface area (Å²) in [5, 5.41) is 0. The molecule has 3 heteroatoms. The highest BCUT2D eigenvalue weighted by Gasteiger charge is 2.10. The Hall–Kier alpha value is -1.51. The van der Waals surface area contributed by atoms with E-state index in [9.17, 15) is 4.79 Å². The summed E-state index contributed by atoms with van der Waals surface area (Å²) in [4.78, 5) is 15.7. The zero-order valence-corrected chi connectivity index (χ0v) is 13.1. The third-order valence-corrected chi connectivity index (χ3v) is 3.46. The lowest BCUT2D eigenvalue weighted by atomic mass is 10.1. The average molecular weight is 276 g/mol. The number of nitrogens with zero attached hydrogens (tertiary/aromatic N) is 2.